The fourth-order valence-corrected chi connectivity index (χ4v) is 9.51. The van der Waals surface area contributed by atoms with Gasteiger partial charge < -0.3 is 0 Å². The van der Waals surface area contributed by atoms with E-state index in [0.717, 1.165) is 12.8 Å². The first kappa shape index (κ1) is 14.8. The van der Waals surface area contributed by atoms with Gasteiger partial charge in [0, 0.05) is 3.92 Å². The van der Waals surface area contributed by atoms with E-state index < -0.39 is 14.1 Å². The Bertz CT molecular complexity index is 518. The van der Waals surface area contributed by atoms with Gasteiger partial charge in [0.25, 0.3) is 0 Å². The summed E-state index contributed by atoms with van der Waals surface area (Å²) in [6.07, 6.45) is 2.27. The smallest absolute Gasteiger partial charge is 0.109 e. The summed E-state index contributed by atoms with van der Waals surface area (Å²) in [6, 6.07) is 0. The van der Waals surface area contributed by atoms with Gasteiger partial charge in [-0.2, -0.15) is 0 Å². The Morgan fingerprint density at radius 2 is 1.42 bits per heavy atom. The summed E-state index contributed by atoms with van der Waals surface area (Å²) in [5.41, 5.74) is 0. The van der Waals surface area contributed by atoms with Crippen LogP contribution in [0.1, 0.15) is 12.8 Å². The first-order chi connectivity index (χ1) is 8.69. The van der Waals surface area contributed by atoms with E-state index in [-0.39, 0.29) is 11.8 Å². The molecule has 0 aliphatic heterocycles. The maximum absolute atomic E-state index is 6.86. The average Bonchev–Trinajstić information content (AvgIpc) is 2.95. The van der Waals surface area contributed by atoms with Gasteiger partial charge >= 0.3 is 0 Å². The van der Waals surface area contributed by atoms with Crippen LogP contribution in [0.4, 0.5) is 0 Å². The predicted molar refractivity (Wildman–Crippen MR) is 91.3 cm³/mol. The van der Waals surface area contributed by atoms with Crippen LogP contribution in [0.5, 0.6) is 0 Å². The van der Waals surface area contributed by atoms with E-state index in [1.54, 1.807) is 0 Å². The van der Waals surface area contributed by atoms with Crippen molar-refractivity contribution in [2.24, 2.45) is 23.7 Å². The van der Waals surface area contributed by atoms with Gasteiger partial charge in [0.2, 0.25) is 0 Å². The maximum Gasteiger partial charge on any atom is 0.166 e. The lowest BCUT2D eigenvalue weighted by Gasteiger charge is -2.41. The molecule has 0 N–H and O–H groups in total. The number of allylic oxidation sites excluding steroid dienone is 2. The average molecular weight is 493 g/mol. The number of halogens is 7. The molecule has 4 aliphatic rings. The summed E-state index contributed by atoms with van der Waals surface area (Å²) in [7, 11) is 0. The standard InChI is InChI=1S/C12H9Cl6I/c13-8-9(14)11(16)7-4-1-3(2-5(4)19)6(7)10(8,15)12(11,17)18/h3-7H,1-2H2/t3-,4-,5-,6-,7-,10+,11+/m1/s1. The quantitative estimate of drug-likeness (QED) is 0.224. The van der Waals surface area contributed by atoms with Crippen LogP contribution < -0.4 is 0 Å². The van der Waals surface area contributed by atoms with Crippen LogP contribution in [-0.2, 0) is 0 Å². The Morgan fingerprint density at radius 3 is 2.00 bits per heavy atom. The summed E-state index contributed by atoms with van der Waals surface area (Å²) in [5, 5.41) is 0.711. The van der Waals surface area contributed by atoms with Crippen LogP contribution in [0.3, 0.4) is 0 Å². The molecule has 0 aromatic heterocycles. The summed E-state index contributed by atoms with van der Waals surface area (Å²) in [6.45, 7) is 0. The van der Waals surface area contributed by atoms with Crippen LogP contribution >= 0.6 is 92.2 Å². The highest BCUT2D eigenvalue weighted by atomic mass is 127. The molecule has 0 heterocycles. The molecule has 0 aromatic rings. The number of alkyl halides is 5. The molecule has 106 valence electrons. The molecule has 7 heteroatoms. The van der Waals surface area contributed by atoms with E-state index in [1.807, 2.05) is 0 Å². The van der Waals surface area contributed by atoms with Gasteiger partial charge in [0.1, 0.15) is 9.75 Å². The van der Waals surface area contributed by atoms with Gasteiger partial charge in [-0.15, -0.1) is 23.2 Å². The Balaban J connectivity index is 1.99. The van der Waals surface area contributed by atoms with Gasteiger partial charge in [0.05, 0.1) is 10.1 Å². The Labute approximate surface area is 155 Å². The van der Waals surface area contributed by atoms with Crippen molar-refractivity contribution in [2.45, 2.75) is 30.8 Å². The largest absolute Gasteiger partial charge is 0.166 e. The first-order valence-electron chi connectivity index (χ1n) is 6.15. The summed E-state index contributed by atoms with van der Waals surface area (Å²) >= 11 is 42.2. The molecule has 4 bridgehead atoms. The molecule has 0 spiro atoms. The van der Waals surface area contributed by atoms with Crippen LogP contribution in [0, 0.1) is 23.7 Å². The highest BCUT2D eigenvalue weighted by Crippen LogP contribution is 2.82. The highest BCUT2D eigenvalue weighted by molar-refractivity contribution is 14.1. The zero-order valence-corrected chi connectivity index (χ0v) is 16.1. The normalized spacial score (nSPS) is 61.1. The van der Waals surface area contributed by atoms with Gasteiger partial charge in [-0.05, 0) is 36.5 Å². The molecular weight excluding hydrogens is 484 g/mol. The van der Waals surface area contributed by atoms with E-state index in [2.05, 4.69) is 22.6 Å². The van der Waals surface area contributed by atoms with E-state index in [4.69, 9.17) is 69.6 Å². The number of rotatable bonds is 0. The monoisotopic (exact) mass is 490 g/mol. The van der Waals surface area contributed by atoms with E-state index in [0.29, 0.717) is 25.8 Å². The Kier molecular flexibility index (Phi) is 3.11. The minimum atomic E-state index is -1.34. The molecule has 0 aromatic carbocycles. The Hall–Kier alpha value is 2.21. The molecule has 3 saturated carbocycles. The molecule has 7 atom stereocenters. The van der Waals surface area contributed by atoms with E-state index in [1.165, 1.54) is 0 Å². The van der Waals surface area contributed by atoms with Crippen molar-refractivity contribution in [1.29, 1.82) is 0 Å². The second kappa shape index (κ2) is 3.99. The van der Waals surface area contributed by atoms with Crippen LogP contribution in [-0.4, -0.2) is 18.0 Å². The highest BCUT2D eigenvalue weighted by Gasteiger charge is 2.86. The fraction of sp³-hybridized carbons (Fsp3) is 0.833. The van der Waals surface area contributed by atoms with Crippen molar-refractivity contribution in [3.8, 4) is 0 Å². The third kappa shape index (κ3) is 1.29. The SMILES string of the molecule is ClC1=C(Cl)[C@@]2(Cl)[C@@H]3[C@@H]4C[C@H](C[C@H]4I)[C@H]3[C@@]1(Cl)C2(Cl)Cl. The van der Waals surface area contributed by atoms with Crippen LogP contribution in [0.25, 0.3) is 0 Å². The molecule has 4 rings (SSSR count). The fourth-order valence-electron chi connectivity index (χ4n) is 4.97. The Morgan fingerprint density at radius 1 is 0.895 bits per heavy atom. The van der Waals surface area contributed by atoms with Crippen molar-refractivity contribution in [3.63, 3.8) is 0 Å². The van der Waals surface area contributed by atoms with Gasteiger partial charge in [0.15, 0.2) is 4.33 Å². The van der Waals surface area contributed by atoms with Gasteiger partial charge in [-0.3, -0.25) is 0 Å². The summed E-state index contributed by atoms with van der Waals surface area (Å²) < 4.78 is -0.754. The topological polar surface area (TPSA) is 0 Å². The van der Waals surface area contributed by atoms with Crippen molar-refractivity contribution in [1.82, 2.24) is 0 Å². The molecule has 0 nitrogen and oxygen atoms in total. The van der Waals surface area contributed by atoms with Crippen molar-refractivity contribution < 1.29 is 0 Å². The molecule has 0 unspecified atom stereocenters. The van der Waals surface area contributed by atoms with Crippen LogP contribution in [0.15, 0.2) is 10.1 Å². The first-order valence-corrected chi connectivity index (χ1v) is 9.66. The molecule has 0 radical (unpaired) electrons. The molecular formula is C12H9Cl6I. The second-order valence-electron chi connectivity index (χ2n) is 6.09. The van der Waals surface area contributed by atoms with E-state index >= 15 is 0 Å². The molecule has 0 saturated heterocycles. The maximum atomic E-state index is 6.86. The number of hydrogen-bond acceptors (Lipinski definition) is 0. The lowest BCUT2D eigenvalue weighted by atomic mass is 9.72. The number of hydrogen-bond donors (Lipinski definition) is 0. The van der Waals surface area contributed by atoms with Crippen molar-refractivity contribution >= 4 is 92.2 Å². The third-order valence-electron chi connectivity index (χ3n) is 5.59. The summed E-state index contributed by atoms with van der Waals surface area (Å²) in [4.78, 5) is -2.07. The van der Waals surface area contributed by atoms with Gasteiger partial charge in [-0.1, -0.05) is 69.0 Å². The molecule has 4 aliphatic carbocycles. The molecule has 3 fully saturated rings. The minimum absolute atomic E-state index is 0.123. The lowest BCUT2D eigenvalue weighted by molar-refractivity contribution is 0.228. The minimum Gasteiger partial charge on any atom is -0.109 e. The number of fused-ring (bicyclic) bond motifs is 9. The second-order valence-corrected chi connectivity index (χ2v) is 11.0. The zero-order chi connectivity index (χ0) is 14.0. The van der Waals surface area contributed by atoms with Crippen molar-refractivity contribution in [3.05, 3.63) is 10.1 Å². The lowest BCUT2D eigenvalue weighted by Crippen LogP contribution is -2.46. The van der Waals surface area contributed by atoms with Crippen LogP contribution in [0.2, 0.25) is 0 Å². The third-order valence-corrected chi connectivity index (χ3v) is 11.3. The van der Waals surface area contributed by atoms with Gasteiger partial charge in [-0.25, -0.2) is 0 Å². The molecule has 19 heavy (non-hydrogen) atoms. The van der Waals surface area contributed by atoms with Crippen molar-refractivity contribution in [2.75, 3.05) is 0 Å². The van der Waals surface area contributed by atoms with E-state index in [9.17, 15) is 0 Å². The summed E-state index contributed by atoms with van der Waals surface area (Å²) in [5.74, 6) is 1.22. The molecule has 0 amide bonds. The zero-order valence-electron chi connectivity index (χ0n) is 9.45. The predicted octanol–water partition coefficient (Wildman–Crippen LogP) is 5.91.